The molecule has 0 aliphatic heterocycles. The van der Waals surface area contributed by atoms with Gasteiger partial charge < -0.3 is 19.8 Å². The molecule has 0 fully saturated rings. The maximum absolute atomic E-state index is 11.8. The number of nitrogens with zero attached hydrogens (tertiary/aromatic N) is 2. The SMILES string of the molecule is C=CC(=O)Cc1ccc(Nc2nc3cc(Oc4ccnc(C(=O)NC)c4)ccc3o2)cc1Cl. The third-order valence-corrected chi connectivity index (χ3v) is 5.03. The number of halogens is 1. The van der Waals surface area contributed by atoms with Crippen LogP contribution in [0.2, 0.25) is 5.02 Å². The quantitative estimate of drug-likeness (QED) is 0.352. The van der Waals surface area contributed by atoms with Crippen molar-refractivity contribution in [1.29, 1.82) is 0 Å². The number of nitrogens with one attached hydrogen (secondary N) is 2. The number of oxazole rings is 1. The standard InChI is InChI=1S/C24H19ClN4O4/c1-3-16(30)10-14-4-5-15(11-19(14)25)28-24-29-20-12-17(6-7-22(20)33-24)32-18-8-9-27-21(13-18)23(31)26-2/h3-9,11-13H,1,10H2,2H3,(H,26,31)(H,28,29). The van der Waals surface area contributed by atoms with Crippen LogP contribution in [0.15, 0.2) is 71.8 Å². The third kappa shape index (κ3) is 5.19. The summed E-state index contributed by atoms with van der Waals surface area (Å²) in [5, 5.41) is 6.04. The summed E-state index contributed by atoms with van der Waals surface area (Å²) >= 11 is 6.29. The highest BCUT2D eigenvalue weighted by atomic mass is 35.5. The van der Waals surface area contributed by atoms with Gasteiger partial charge in [-0.05, 0) is 42.0 Å². The Labute approximate surface area is 194 Å². The van der Waals surface area contributed by atoms with Crippen molar-refractivity contribution < 1.29 is 18.7 Å². The molecular weight excluding hydrogens is 444 g/mol. The molecule has 2 aromatic carbocycles. The van der Waals surface area contributed by atoms with E-state index < -0.39 is 0 Å². The van der Waals surface area contributed by atoms with Crippen LogP contribution in [0.1, 0.15) is 16.1 Å². The number of allylic oxidation sites excluding steroid dienone is 1. The fraction of sp³-hybridized carbons (Fsp3) is 0.0833. The van der Waals surface area contributed by atoms with Gasteiger partial charge in [-0.25, -0.2) is 0 Å². The highest BCUT2D eigenvalue weighted by Crippen LogP contribution is 2.29. The van der Waals surface area contributed by atoms with Crippen LogP contribution in [-0.2, 0) is 11.2 Å². The van der Waals surface area contributed by atoms with E-state index in [1.807, 2.05) is 0 Å². The topological polar surface area (TPSA) is 106 Å². The fourth-order valence-corrected chi connectivity index (χ4v) is 3.29. The highest BCUT2D eigenvalue weighted by molar-refractivity contribution is 6.31. The molecule has 0 bridgehead atoms. The Hall–Kier alpha value is -4.17. The molecule has 0 aliphatic carbocycles. The number of aromatic nitrogens is 2. The summed E-state index contributed by atoms with van der Waals surface area (Å²) in [5.41, 5.74) is 2.76. The number of ether oxygens (including phenoxy) is 1. The molecule has 4 rings (SSSR count). The predicted octanol–water partition coefficient (Wildman–Crippen LogP) is 5.07. The maximum atomic E-state index is 11.8. The number of carbonyl (C=O) groups excluding carboxylic acids is 2. The van der Waals surface area contributed by atoms with E-state index in [-0.39, 0.29) is 29.8 Å². The first-order chi connectivity index (χ1) is 15.9. The summed E-state index contributed by atoms with van der Waals surface area (Å²) in [6, 6.07) is 13.9. The van der Waals surface area contributed by atoms with Crippen molar-refractivity contribution in [3.05, 3.63) is 83.7 Å². The van der Waals surface area contributed by atoms with Crippen LogP contribution < -0.4 is 15.4 Å². The summed E-state index contributed by atoms with van der Waals surface area (Å²) < 4.78 is 11.6. The number of amides is 1. The van der Waals surface area contributed by atoms with E-state index in [4.69, 9.17) is 20.8 Å². The van der Waals surface area contributed by atoms with Crippen LogP contribution in [0.5, 0.6) is 11.5 Å². The van der Waals surface area contributed by atoms with Crippen LogP contribution >= 0.6 is 11.6 Å². The minimum Gasteiger partial charge on any atom is -0.457 e. The molecule has 4 aromatic rings. The lowest BCUT2D eigenvalue weighted by Crippen LogP contribution is -2.18. The highest BCUT2D eigenvalue weighted by Gasteiger charge is 2.11. The number of anilines is 2. The number of fused-ring (bicyclic) bond motifs is 1. The molecule has 0 radical (unpaired) electrons. The number of benzene rings is 2. The lowest BCUT2D eigenvalue weighted by molar-refractivity contribution is -0.114. The van der Waals surface area contributed by atoms with Crippen LogP contribution in [-0.4, -0.2) is 28.7 Å². The van der Waals surface area contributed by atoms with E-state index in [9.17, 15) is 9.59 Å². The van der Waals surface area contributed by atoms with Crippen LogP contribution in [0, 0.1) is 0 Å². The molecule has 8 nitrogen and oxygen atoms in total. The Kier molecular flexibility index (Phi) is 6.37. The molecule has 2 N–H and O–H groups in total. The van der Waals surface area contributed by atoms with Gasteiger partial charge in [-0.3, -0.25) is 14.6 Å². The zero-order chi connectivity index (χ0) is 23.4. The Morgan fingerprint density at radius 3 is 2.73 bits per heavy atom. The number of pyridine rings is 1. The van der Waals surface area contributed by atoms with Crippen LogP contribution in [0.4, 0.5) is 11.7 Å². The Balaban J connectivity index is 1.50. The van der Waals surface area contributed by atoms with Crippen LogP contribution in [0.25, 0.3) is 11.1 Å². The molecule has 2 aromatic heterocycles. The summed E-state index contributed by atoms with van der Waals surface area (Å²) in [7, 11) is 1.54. The lowest BCUT2D eigenvalue weighted by Gasteiger charge is -2.06. The molecule has 0 saturated heterocycles. The molecule has 33 heavy (non-hydrogen) atoms. The van der Waals surface area contributed by atoms with Crippen LogP contribution in [0.3, 0.4) is 0 Å². The third-order valence-electron chi connectivity index (χ3n) is 4.68. The van der Waals surface area contributed by atoms with Gasteiger partial charge in [0.25, 0.3) is 11.9 Å². The summed E-state index contributed by atoms with van der Waals surface area (Å²) in [5.74, 6) is 0.583. The van der Waals surface area contributed by atoms with Crippen molar-refractivity contribution in [2.24, 2.45) is 0 Å². The molecule has 1 amide bonds. The minimum absolute atomic E-state index is 0.105. The lowest BCUT2D eigenvalue weighted by atomic mass is 10.1. The molecule has 0 atom stereocenters. The van der Waals surface area contributed by atoms with Gasteiger partial charge in [0.05, 0.1) is 0 Å². The van der Waals surface area contributed by atoms with E-state index in [1.54, 1.807) is 48.5 Å². The van der Waals surface area contributed by atoms with Gasteiger partial charge in [-0.1, -0.05) is 24.2 Å². The molecule has 166 valence electrons. The van der Waals surface area contributed by atoms with Crippen molar-refractivity contribution in [3.8, 4) is 11.5 Å². The zero-order valence-electron chi connectivity index (χ0n) is 17.6. The normalized spacial score (nSPS) is 10.6. The van der Waals surface area contributed by atoms with E-state index in [0.717, 1.165) is 0 Å². The minimum atomic E-state index is -0.302. The van der Waals surface area contributed by atoms with Crippen molar-refractivity contribution in [1.82, 2.24) is 15.3 Å². The second-order valence-electron chi connectivity index (χ2n) is 6.98. The molecule has 0 spiro atoms. The smallest absolute Gasteiger partial charge is 0.300 e. The number of carbonyl (C=O) groups is 2. The summed E-state index contributed by atoms with van der Waals surface area (Å²) in [6.07, 6.45) is 2.96. The average molecular weight is 463 g/mol. The fourth-order valence-electron chi connectivity index (χ4n) is 3.04. The molecule has 0 aliphatic rings. The first-order valence-electron chi connectivity index (χ1n) is 9.92. The molecular formula is C24H19ClN4O4. The molecule has 2 heterocycles. The van der Waals surface area contributed by atoms with Crippen molar-refractivity contribution >= 4 is 46.1 Å². The summed E-state index contributed by atoms with van der Waals surface area (Å²) in [4.78, 5) is 31.8. The molecule has 0 saturated carbocycles. The number of hydrogen-bond acceptors (Lipinski definition) is 7. The predicted molar refractivity (Wildman–Crippen MR) is 125 cm³/mol. The van der Waals surface area contributed by atoms with Crippen molar-refractivity contribution in [3.63, 3.8) is 0 Å². The monoisotopic (exact) mass is 462 g/mol. The second kappa shape index (κ2) is 9.54. The number of ketones is 1. The van der Waals surface area contributed by atoms with E-state index in [1.165, 1.54) is 19.3 Å². The van der Waals surface area contributed by atoms with Gasteiger partial charge in [-0.15, -0.1) is 0 Å². The van der Waals surface area contributed by atoms with Gasteiger partial charge in [0.15, 0.2) is 11.4 Å². The second-order valence-corrected chi connectivity index (χ2v) is 7.39. The van der Waals surface area contributed by atoms with E-state index >= 15 is 0 Å². The van der Waals surface area contributed by atoms with E-state index in [0.29, 0.717) is 38.9 Å². The molecule has 9 heteroatoms. The Morgan fingerprint density at radius 1 is 1.15 bits per heavy atom. The molecule has 0 unspecified atom stereocenters. The van der Waals surface area contributed by atoms with Gasteiger partial charge >= 0.3 is 0 Å². The number of hydrogen-bond donors (Lipinski definition) is 2. The van der Waals surface area contributed by atoms with Gasteiger partial charge in [-0.2, -0.15) is 4.98 Å². The van der Waals surface area contributed by atoms with Gasteiger partial charge in [0, 0.05) is 42.5 Å². The van der Waals surface area contributed by atoms with Gasteiger partial charge in [0.2, 0.25) is 0 Å². The van der Waals surface area contributed by atoms with Crippen molar-refractivity contribution in [2.45, 2.75) is 6.42 Å². The summed E-state index contributed by atoms with van der Waals surface area (Å²) in [6.45, 7) is 3.47. The zero-order valence-corrected chi connectivity index (χ0v) is 18.3. The van der Waals surface area contributed by atoms with E-state index in [2.05, 4.69) is 27.2 Å². The maximum Gasteiger partial charge on any atom is 0.300 e. The first-order valence-corrected chi connectivity index (χ1v) is 10.3. The van der Waals surface area contributed by atoms with Gasteiger partial charge in [0.1, 0.15) is 22.7 Å². The Bertz CT molecular complexity index is 1370. The first kappa shape index (κ1) is 22.0. The largest absolute Gasteiger partial charge is 0.457 e. The number of rotatable bonds is 8. The Morgan fingerprint density at radius 2 is 1.97 bits per heavy atom. The van der Waals surface area contributed by atoms with Crippen molar-refractivity contribution in [2.75, 3.05) is 12.4 Å². The average Bonchev–Trinajstić information content (AvgIpc) is 3.21.